The lowest BCUT2D eigenvalue weighted by Gasteiger charge is -2.26. The molecule has 1 unspecified atom stereocenters. The number of sulfone groups is 1. The smallest absolute Gasteiger partial charge is 0.290 e. The molecule has 2 aliphatic heterocycles. The Kier molecular flexibility index (Phi) is 5.87. The Morgan fingerprint density at radius 1 is 1.42 bits per heavy atom. The molecule has 0 bridgehead atoms. The zero-order valence-electron chi connectivity index (χ0n) is 15.4. The highest BCUT2D eigenvalue weighted by molar-refractivity contribution is 7.91. The molecule has 26 heavy (non-hydrogen) atoms. The molecule has 0 saturated carbocycles. The van der Waals surface area contributed by atoms with Gasteiger partial charge in [-0.25, -0.2) is 8.42 Å². The van der Waals surface area contributed by atoms with Gasteiger partial charge in [-0.05, 0) is 38.4 Å². The maximum Gasteiger partial charge on any atom is 0.290 e. The zero-order valence-corrected chi connectivity index (χ0v) is 16.3. The summed E-state index contributed by atoms with van der Waals surface area (Å²) in [5.41, 5.74) is 1.07. The van der Waals surface area contributed by atoms with Gasteiger partial charge >= 0.3 is 0 Å². The predicted molar refractivity (Wildman–Crippen MR) is 101 cm³/mol. The standard InChI is InChI=1S/C19H28N2O4S/c1-3-8-21(16-7-11-26(23,24)14-16)19(22)18-12-15(17(4-2)25-18)13-20-9-5-6-10-20/h3,12,16H,1,4-11,13-14H2,2H3. The molecule has 1 aromatic rings. The van der Waals surface area contributed by atoms with E-state index in [1.807, 2.05) is 13.0 Å². The van der Waals surface area contributed by atoms with E-state index in [0.29, 0.717) is 18.7 Å². The summed E-state index contributed by atoms with van der Waals surface area (Å²) in [6.45, 7) is 9.02. The van der Waals surface area contributed by atoms with Gasteiger partial charge in [0.1, 0.15) is 5.76 Å². The molecule has 2 saturated heterocycles. The number of nitrogens with zero attached hydrogens (tertiary/aromatic N) is 2. The molecule has 0 N–H and O–H groups in total. The van der Waals surface area contributed by atoms with Gasteiger partial charge in [0.15, 0.2) is 15.6 Å². The van der Waals surface area contributed by atoms with Crippen molar-refractivity contribution in [3.63, 3.8) is 0 Å². The van der Waals surface area contributed by atoms with Gasteiger partial charge in [0, 0.05) is 31.1 Å². The highest BCUT2D eigenvalue weighted by Crippen LogP contribution is 2.24. The van der Waals surface area contributed by atoms with Crippen molar-refractivity contribution in [2.45, 2.75) is 45.2 Å². The fourth-order valence-corrected chi connectivity index (χ4v) is 5.62. The first-order valence-electron chi connectivity index (χ1n) is 9.39. The number of hydrogen-bond donors (Lipinski definition) is 0. The van der Waals surface area contributed by atoms with Crippen LogP contribution in [-0.2, 0) is 22.8 Å². The molecule has 1 amide bonds. The lowest BCUT2D eigenvalue weighted by Crippen LogP contribution is -2.41. The van der Waals surface area contributed by atoms with E-state index in [-0.39, 0.29) is 23.5 Å². The summed E-state index contributed by atoms with van der Waals surface area (Å²) in [5.74, 6) is 1.07. The third-order valence-corrected chi connectivity index (χ3v) is 7.01. The number of rotatable bonds is 7. The topological polar surface area (TPSA) is 70.8 Å². The van der Waals surface area contributed by atoms with Crippen LogP contribution in [0.3, 0.4) is 0 Å². The van der Waals surface area contributed by atoms with E-state index in [0.717, 1.165) is 37.4 Å². The van der Waals surface area contributed by atoms with Crippen LogP contribution in [0.4, 0.5) is 0 Å². The van der Waals surface area contributed by atoms with Crippen LogP contribution in [0.15, 0.2) is 23.1 Å². The van der Waals surface area contributed by atoms with Gasteiger partial charge < -0.3 is 9.32 Å². The van der Waals surface area contributed by atoms with Crippen LogP contribution in [0.25, 0.3) is 0 Å². The van der Waals surface area contributed by atoms with Gasteiger partial charge in [-0.15, -0.1) is 6.58 Å². The number of likely N-dealkylation sites (tertiary alicyclic amines) is 1. The van der Waals surface area contributed by atoms with Crippen molar-refractivity contribution in [2.75, 3.05) is 31.1 Å². The summed E-state index contributed by atoms with van der Waals surface area (Å²) < 4.78 is 29.5. The lowest BCUT2D eigenvalue weighted by molar-refractivity contribution is 0.0686. The Morgan fingerprint density at radius 3 is 2.73 bits per heavy atom. The second kappa shape index (κ2) is 7.96. The van der Waals surface area contributed by atoms with Crippen LogP contribution >= 0.6 is 0 Å². The van der Waals surface area contributed by atoms with Crippen molar-refractivity contribution in [1.29, 1.82) is 0 Å². The van der Waals surface area contributed by atoms with Gasteiger partial charge in [0.25, 0.3) is 5.91 Å². The van der Waals surface area contributed by atoms with Gasteiger partial charge in [-0.3, -0.25) is 9.69 Å². The summed E-state index contributed by atoms with van der Waals surface area (Å²) in [6, 6.07) is 1.54. The highest BCUT2D eigenvalue weighted by Gasteiger charge is 2.35. The third kappa shape index (κ3) is 4.20. The zero-order chi connectivity index (χ0) is 18.7. The Balaban J connectivity index is 1.80. The Morgan fingerprint density at radius 2 is 2.15 bits per heavy atom. The molecule has 0 radical (unpaired) electrons. The molecule has 3 heterocycles. The van der Waals surface area contributed by atoms with Crippen LogP contribution in [0.5, 0.6) is 0 Å². The predicted octanol–water partition coefficient (Wildman–Crippen LogP) is 2.25. The third-order valence-electron chi connectivity index (χ3n) is 5.26. The van der Waals surface area contributed by atoms with E-state index < -0.39 is 9.84 Å². The average Bonchev–Trinajstić information content (AvgIpc) is 3.32. The normalized spacial score (nSPS) is 22.6. The minimum absolute atomic E-state index is 0.0224. The van der Waals surface area contributed by atoms with Crippen LogP contribution in [-0.4, -0.2) is 61.3 Å². The van der Waals surface area contributed by atoms with Crippen LogP contribution < -0.4 is 0 Å². The molecule has 2 fully saturated rings. The van der Waals surface area contributed by atoms with Crippen molar-refractivity contribution in [3.8, 4) is 0 Å². The molecule has 0 aliphatic carbocycles. The minimum atomic E-state index is -3.06. The molecule has 2 aliphatic rings. The summed E-state index contributed by atoms with van der Waals surface area (Å²) >= 11 is 0. The fourth-order valence-electron chi connectivity index (χ4n) is 3.89. The molecular weight excluding hydrogens is 352 g/mol. The molecule has 6 nitrogen and oxygen atoms in total. The molecule has 0 aromatic carbocycles. The maximum atomic E-state index is 13.0. The van der Waals surface area contributed by atoms with Crippen molar-refractivity contribution in [1.82, 2.24) is 9.80 Å². The number of hydrogen-bond acceptors (Lipinski definition) is 5. The molecule has 0 spiro atoms. The monoisotopic (exact) mass is 380 g/mol. The fraction of sp³-hybridized carbons (Fsp3) is 0.632. The Labute approximate surface area is 155 Å². The van der Waals surface area contributed by atoms with Gasteiger partial charge in [0.2, 0.25) is 0 Å². The molecule has 1 atom stereocenters. The second-order valence-corrected chi connectivity index (χ2v) is 9.43. The maximum absolute atomic E-state index is 13.0. The molecule has 1 aromatic heterocycles. The number of carbonyl (C=O) groups excluding carboxylic acids is 1. The summed E-state index contributed by atoms with van der Waals surface area (Å²) in [6.07, 6.45) is 5.28. The van der Waals surface area contributed by atoms with Gasteiger partial charge in [-0.2, -0.15) is 0 Å². The Bertz CT molecular complexity index is 763. The van der Waals surface area contributed by atoms with Crippen LogP contribution in [0.1, 0.15) is 48.1 Å². The summed E-state index contributed by atoms with van der Waals surface area (Å²) in [5, 5.41) is 0. The van der Waals surface area contributed by atoms with E-state index >= 15 is 0 Å². The van der Waals surface area contributed by atoms with Gasteiger partial charge in [-0.1, -0.05) is 13.0 Å². The molecular formula is C19H28N2O4S. The van der Waals surface area contributed by atoms with E-state index in [1.165, 1.54) is 12.8 Å². The van der Waals surface area contributed by atoms with Crippen LogP contribution in [0.2, 0.25) is 0 Å². The molecule has 144 valence electrons. The first-order chi connectivity index (χ1) is 12.4. The first-order valence-corrected chi connectivity index (χ1v) is 11.2. The van der Waals surface area contributed by atoms with Crippen molar-refractivity contribution in [2.24, 2.45) is 0 Å². The minimum Gasteiger partial charge on any atom is -0.456 e. The van der Waals surface area contributed by atoms with Crippen molar-refractivity contribution in [3.05, 3.63) is 35.8 Å². The highest BCUT2D eigenvalue weighted by atomic mass is 32.2. The largest absolute Gasteiger partial charge is 0.456 e. The van der Waals surface area contributed by atoms with E-state index in [9.17, 15) is 13.2 Å². The van der Waals surface area contributed by atoms with E-state index in [4.69, 9.17) is 4.42 Å². The number of amides is 1. The molecule has 7 heteroatoms. The van der Waals surface area contributed by atoms with E-state index in [2.05, 4.69) is 11.5 Å². The van der Waals surface area contributed by atoms with E-state index in [1.54, 1.807) is 11.0 Å². The number of furan rings is 1. The van der Waals surface area contributed by atoms with Crippen LogP contribution in [0, 0.1) is 0 Å². The van der Waals surface area contributed by atoms with Crippen molar-refractivity contribution < 1.29 is 17.6 Å². The summed E-state index contributed by atoms with van der Waals surface area (Å²) in [7, 11) is -3.06. The lowest BCUT2D eigenvalue weighted by atomic mass is 10.1. The Hall–Kier alpha value is -1.60. The first kappa shape index (κ1) is 19.2. The quantitative estimate of drug-likeness (QED) is 0.679. The van der Waals surface area contributed by atoms with Crippen molar-refractivity contribution >= 4 is 15.7 Å². The molecule has 3 rings (SSSR count). The summed E-state index contributed by atoms with van der Waals surface area (Å²) in [4.78, 5) is 17.0. The van der Waals surface area contributed by atoms with Gasteiger partial charge in [0.05, 0.1) is 11.5 Å². The number of aryl methyl sites for hydroxylation is 1. The SMILES string of the molecule is C=CCN(C(=O)c1cc(CN2CCCC2)c(CC)o1)C1CCS(=O)(=O)C1. The second-order valence-electron chi connectivity index (χ2n) is 7.20. The number of carbonyl (C=O) groups is 1. The average molecular weight is 381 g/mol.